The van der Waals surface area contributed by atoms with Crippen molar-refractivity contribution in [3.05, 3.63) is 48.7 Å². The van der Waals surface area contributed by atoms with E-state index < -0.39 is 0 Å². The highest BCUT2D eigenvalue weighted by atomic mass is 15.3. The molecule has 0 aliphatic carbocycles. The van der Waals surface area contributed by atoms with Gasteiger partial charge in [-0.05, 0) is 30.7 Å². The number of nitrogens with two attached hydrogens (primary N) is 1. The van der Waals surface area contributed by atoms with Crippen LogP contribution in [0.25, 0.3) is 32.9 Å². The predicted octanol–water partition coefficient (Wildman–Crippen LogP) is 3.80. The van der Waals surface area contributed by atoms with Gasteiger partial charge in [-0.15, -0.1) is 0 Å². The summed E-state index contributed by atoms with van der Waals surface area (Å²) in [6, 6.07) is 15.1. The van der Waals surface area contributed by atoms with E-state index >= 15 is 0 Å². The van der Waals surface area contributed by atoms with Crippen LogP contribution in [0.1, 0.15) is 6.92 Å². The van der Waals surface area contributed by atoms with E-state index in [1.807, 2.05) is 13.2 Å². The summed E-state index contributed by atoms with van der Waals surface area (Å²) in [4.78, 5) is 0. The Hall–Kier alpha value is -2.75. The van der Waals surface area contributed by atoms with E-state index in [0.29, 0.717) is 5.82 Å². The summed E-state index contributed by atoms with van der Waals surface area (Å²) in [5.74, 6) is 0.693. The van der Waals surface area contributed by atoms with Crippen molar-refractivity contribution in [1.29, 1.82) is 0 Å². The highest BCUT2D eigenvalue weighted by Crippen LogP contribution is 2.33. The monoisotopic (exact) mass is 290 g/mol. The van der Waals surface area contributed by atoms with Gasteiger partial charge in [-0.25, -0.2) is 0 Å². The molecule has 2 aromatic carbocycles. The summed E-state index contributed by atoms with van der Waals surface area (Å²) in [7, 11) is 1.86. The Kier molecular flexibility index (Phi) is 2.73. The lowest BCUT2D eigenvalue weighted by atomic mass is 10.0. The van der Waals surface area contributed by atoms with Crippen LogP contribution in [-0.2, 0) is 13.6 Å². The molecule has 2 N–H and O–H groups in total. The Labute approximate surface area is 128 Å². The summed E-state index contributed by atoms with van der Waals surface area (Å²) in [5.41, 5.74) is 10.7. The lowest BCUT2D eigenvalue weighted by molar-refractivity contribution is 0.779. The minimum Gasteiger partial charge on any atom is -0.383 e. The maximum absolute atomic E-state index is 6.12. The molecular formula is C18H18N4. The molecule has 2 heterocycles. The van der Waals surface area contributed by atoms with E-state index in [4.69, 9.17) is 5.73 Å². The molecule has 2 aromatic heterocycles. The molecule has 4 aromatic rings. The summed E-state index contributed by atoms with van der Waals surface area (Å²) < 4.78 is 4.05. The largest absolute Gasteiger partial charge is 0.383 e. The van der Waals surface area contributed by atoms with Gasteiger partial charge >= 0.3 is 0 Å². The Morgan fingerprint density at radius 1 is 1.05 bits per heavy atom. The summed E-state index contributed by atoms with van der Waals surface area (Å²) in [5, 5.41) is 6.79. The van der Waals surface area contributed by atoms with Crippen LogP contribution in [0.15, 0.2) is 48.7 Å². The van der Waals surface area contributed by atoms with Crippen molar-refractivity contribution in [3.63, 3.8) is 0 Å². The van der Waals surface area contributed by atoms with Crippen LogP contribution in [0, 0.1) is 0 Å². The topological polar surface area (TPSA) is 48.8 Å². The van der Waals surface area contributed by atoms with Crippen molar-refractivity contribution in [2.45, 2.75) is 13.5 Å². The third-order valence-corrected chi connectivity index (χ3v) is 4.38. The van der Waals surface area contributed by atoms with E-state index in [0.717, 1.165) is 17.7 Å². The van der Waals surface area contributed by atoms with Crippen LogP contribution in [0.4, 0.5) is 5.82 Å². The highest BCUT2D eigenvalue weighted by Gasteiger charge is 2.12. The highest BCUT2D eigenvalue weighted by molar-refractivity contribution is 6.09. The number of fused-ring (bicyclic) bond motifs is 3. The molecule has 0 aliphatic rings. The van der Waals surface area contributed by atoms with E-state index in [9.17, 15) is 0 Å². The van der Waals surface area contributed by atoms with Crippen molar-refractivity contribution in [2.24, 2.45) is 7.05 Å². The Morgan fingerprint density at radius 2 is 1.82 bits per heavy atom. The van der Waals surface area contributed by atoms with Gasteiger partial charge in [0.15, 0.2) is 0 Å². The average molecular weight is 290 g/mol. The van der Waals surface area contributed by atoms with Gasteiger partial charge < -0.3 is 10.3 Å². The molecule has 0 bridgehead atoms. The standard InChI is InChI=1S/C18H18N4/c1-3-22-16-7-5-4-6-13(16)14-10-12(8-9-17(14)22)15-11-20-21(2)18(15)19/h4-11H,3,19H2,1-2H3. The fraction of sp³-hybridized carbons (Fsp3) is 0.167. The molecule has 0 saturated heterocycles. The summed E-state index contributed by atoms with van der Waals surface area (Å²) in [6.45, 7) is 3.14. The minimum atomic E-state index is 0.693. The van der Waals surface area contributed by atoms with Crippen molar-refractivity contribution in [3.8, 4) is 11.1 Å². The quantitative estimate of drug-likeness (QED) is 0.610. The SMILES string of the molecule is CCn1c2ccccc2c2cc(-c3cnn(C)c3N)ccc21. The van der Waals surface area contributed by atoms with Gasteiger partial charge in [0.25, 0.3) is 0 Å². The summed E-state index contributed by atoms with van der Waals surface area (Å²) >= 11 is 0. The second-order valence-electron chi connectivity index (χ2n) is 5.56. The molecule has 0 aliphatic heterocycles. The van der Waals surface area contributed by atoms with E-state index in [-0.39, 0.29) is 0 Å². The third kappa shape index (κ3) is 1.67. The number of hydrogen-bond donors (Lipinski definition) is 1. The molecule has 22 heavy (non-hydrogen) atoms. The van der Waals surface area contributed by atoms with Gasteiger partial charge in [-0.2, -0.15) is 5.10 Å². The molecule has 4 nitrogen and oxygen atoms in total. The van der Waals surface area contributed by atoms with Crippen LogP contribution in [-0.4, -0.2) is 14.3 Å². The number of nitrogen functional groups attached to an aromatic ring is 1. The molecule has 0 spiro atoms. The van der Waals surface area contributed by atoms with Crippen molar-refractivity contribution >= 4 is 27.6 Å². The number of anilines is 1. The zero-order valence-electron chi connectivity index (χ0n) is 12.7. The zero-order chi connectivity index (χ0) is 15.3. The number of hydrogen-bond acceptors (Lipinski definition) is 2. The normalized spacial score (nSPS) is 11.5. The lowest BCUT2D eigenvalue weighted by Gasteiger charge is -2.04. The van der Waals surface area contributed by atoms with E-state index in [1.165, 1.54) is 21.8 Å². The van der Waals surface area contributed by atoms with Crippen LogP contribution in [0.3, 0.4) is 0 Å². The second kappa shape index (κ2) is 4.63. The molecule has 0 amide bonds. The minimum absolute atomic E-state index is 0.693. The number of para-hydroxylation sites is 1. The number of rotatable bonds is 2. The van der Waals surface area contributed by atoms with Gasteiger partial charge in [0, 0.05) is 41.0 Å². The predicted molar refractivity (Wildman–Crippen MR) is 91.7 cm³/mol. The first-order chi connectivity index (χ1) is 10.7. The van der Waals surface area contributed by atoms with Crippen LogP contribution >= 0.6 is 0 Å². The molecule has 0 saturated carbocycles. The van der Waals surface area contributed by atoms with Crippen LogP contribution in [0.5, 0.6) is 0 Å². The average Bonchev–Trinajstić information content (AvgIpc) is 3.05. The van der Waals surface area contributed by atoms with Crippen molar-refractivity contribution in [2.75, 3.05) is 5.73 Å². The first kappa shape index (κ1) is 13.0. The maximum atomic E-state index is 6.12. The lowest BCUT2D eigenvalue weighted by Crippen LogP contribution is -1.98. The number of aryl methyl sites for hydroxylation is 2. The number of nitrogens with zero attached hydrogens (tertiary/aromatic N) is 3. The van der Waals surface area contributed by atoms with Crippen molar-refractivity contribution < 1.29 is 0 Å². The molecule has 4 rings (SSSR count). The second-order valence-corrected chi connectivity index (χ2v) is 5.56. The summed E-state index contributed by atoms with van der Waals surface area (Å²) in [6.07, 6.45) is 1.83. The first-order valence-electron chi connectivity index (χ1n) is 7.49. The van der Waals surface area contributed by atoms with Gasteiger partial charge in [0.2, 0.25) is 0 Å². The number of aromatic nitrogens is 3. The van der Waals surface area contributed by atoms with E-state index in [1.54, 1.807) is 4.68 Å². The molecule has 0 atom stereocenters. The molecule has 0 unspecified atom stereocenters. The van der Waals surface area contributed by atoms with Gasteiger partial charge in [-0.3, -0.25) is 4.68 Å². The fourth-order valence-electron chi connectivity index (χ4n) is 3.23. The third-order valence-electron chi connectivity index (χ3n) is 4.38. The van der Waals surface area contributed by atoms with Gasteiger partial charge in [0.05, 0.1) is 6.20 Å². The van der Waals surface area contributed by atoms with Gasteiger partial charge in [-0.1, -0.05) is 24.3 Å². The Bertz CT molecular complexity index is 991. The molecule has 0 fully saturated rings. The fourth-order valence-corrected chi connectivity index (χ4v) is 3.23. The Balaban J connectivity index is 2.06. The zero-order valence-corrected chi connectivity index (χ0v) is 12.7. The molecular weight excluding hydrogens is 272 g/mol. The maximum Gasteiger partial charge on any atom is 0.129 e. The smallest absolute Gasteiger partial charge is 0.129 e. The Morgan fingerprint density at radius 3 is 2.55 bits per heavy atom. The van der Waals surface area contributed by atoms with Crippen LogP contribution in [0.2, 0.25) is 0 Å². The number of benzene rings is 2. The van der Waals surface area contributed by atoms with E-state index in [2.05, 4.69) is 59.1 Å². The molecule has 0 radical (unpaired) electrons. The van der Waals surface area contributed by atoms with Gasteiger partial charge in [0.1, 0.15) is 5.82 Å². The van der Waals surface area contributed by atoms with Crippen molar-refractivity contribution in [1.82, 2.24) is 14.3 Å². The molecule has 110 valence electrons. The van der Waals surface area contributed by atoms with Crippen LogP contribution < -0.4 is 5.73 Å². The first-order valence-corrected chi connectivity index (χ1v) is 7.49. The molecule has 4 heteroatoms.